The van der Waals surface area contributed by atoms with E-state index in [1.165, 1.54) is 18.2 Å². The summed E-state index contributed by atoms with van der Waals surface area (Å²) in [5.74, 6) is -0.322. The largest absolute Gasteiger partial charge is 0.506 e. The number of urea groups is 1. The predicted octanol–water partition coefficient (Wildman–Crippen LogP) is 5.37. The molecule has 28 heavy (non-hydrogen) atoms. The number of benzene rings is 3. The van der Waals surface area contributed by atoms with E-state index in [1.54, 1.807) is 6.07 Å². The molecule has 0 saturated carbocycles. The van der Waals surface area contributed by atoms with Crippen molar-refractivity contribution in [1.82, 2.24) is 0 Å². The van der Waals surface area contributed by atoms with Gasteiger partial charge in [-0.15, -0.1) is 0 Å². The van der Waals surface area contributed by atoms with E-state index in [1.807, 2.05) is 30.3 Å². The minimum atomic E-state index is -4.58. The minimum Gasteiger partial charge on any atom is -0.506 e. The summed E-state index contributed by atoms with van der Waals surface area (Å²) < 4.78 is 38.9. The Morgan fingerprint density at radius 2 is 1.64 bits per heavy atom. The second-order valence-corrected chi connectivity index (χ2v) is 5.92. The number of alkyl halides is 3. The lowest BCUT2D eigenvalue weighted by atomic mass is 10.1. The Labute approximate surface area is 158 Å². The average molecular weight is 387 g/mol. The van der Waals surface area contributed by atoms with Crippen molar-refractivity contribution in [2.24, 2.45) is 5.73 Å². The number of amides is 2. The number of nitrogens with zero attached hydrogens (tertiary/aromatic N) is 1. The van der Waals surface area contributed by atoms with Gasteiger partial charge in [-0.25, -0.2) is 4.79 Å². The molecule has 4 N–H and O–H groups in total. The molecule has 2 amide bonds. The number of primary amides is 1. The molecule has 5 nitrogen and oxygen atoms in total. The van der Waals surface area contributed by atoms with Crippen LogP contribution in [0.15, 0.2) is 72.8 Å². The van der Waals surface area contributed by atoms with Crippen LogP contribution < -0.4 is 16.0 Å². The van der Waals surface area contributed by atoms with Gasteiger partial charge in [0, 0.05) is 17.4 Å². The van der Waals surface area contributed by atoms with Crippen LogP contribution in [0, 0.1) is 0 Å². The Hall–Kier alpha value is -3.68. The van der Waals surface area contributed by atoms with Gasteiger partial charge < -0.3 is 16.2 Å². The van der Waals surface area contributed by atoms with Crippen molar-refractivity contribution >= 4 is 28.8 Å². The minimum absolute atomic E-state index is 0.0366. The Kier molecular flexibility index (Phi) is 5.12. The average Bonchev–Trinajstić information content (AvgIpc) is 2.64. The van der Waals surface area contributed by atoms with Crippen LogP contribution >= 0.6 is 0 Å². The molecule has 8 heteroatoms. The molecule has 0 atom stereocenters. The second-order valence-electron chi connectivity index (χ2n) is 5.92. The number of phenolic OH excluding ortho intramolecular Hbond substituents is 1. The number of hydrogen-bond acceptors (Lipinski definition) is 3. The first-order valence-electron chi connectivity index (χ1n) is 8.17. The van der Waals surface area contributed by atoms with E-state index in [9.17, 15) is 23.1 Å². The maximum atomic E-state index is 13.0. The molecule has 3 aromatic carbocycles. The van der Waals surface area contributed by atoms with Gasteiger partial charge in [-0.2, -0.15) is 13.2 Å². The maximum absolute atomic E-state index is 13.0. The van der Waals surface area contributed by atoms with Gasteiger partial charge in [0.1, 0.15) is 5.75 Å². The molecule has 3 aromatic rings. The Balaban J connectivity index is 1.96. The number of para-hydroxylation sites is 1. The first-order chi connectivity index (χ1) is 13.3. The van der Waals surface area contributed by atoms with Gasteiger partial charge >= 0.3 is 12.2 Å². The summed E-state index contributed by atoms with van der Waals surface area (Å²) in [5.41, 5.74) is 5.60. The molecule has 0 aliphatic carbocycles. The number of halogens is 3. The molecule has 0 aromatic heterocycles. The molecule has 0 saturated heterocycles. The first-order valence-corrected chi connectivity index (χ1v) is 8.17. The Morgan fingerprint density at radius 1 is 0.929 bits per heavy atom. The Morgan fingerprint density at radius 3 is 2.25 bits per heavy atom. The summed E-state index contributed by atoms with van der Waals surface area (Å²) in [6.45, 7) is 0. The van der Waals surface area contributed by atoms with E-state index in [0.717, 1.165) is 28.8 Å². The van der Waals surface area contributed by atoms with Gasteiger partial charge in [-0.1, -0.05) is 24.3 Å². The lowest BCUT2D eigenvalue weighted by Gasteiger charge is -2.23. The van der Waals surface area contributed by atoms with Crippen molar-refractivity contribution in [3.8, 4) is 5.75 Å². The fourth-order valence-corrected chi connectivity index (χ4v) is 2.68. The van der Waals surface area contributed by atoms with Crippen molar-refractivity contribution in [1.29, 1.82) is 0 Å². The molecule has 0 radical (unpaired) electrons. The molecule has 0 heterocycles. The number of carbonyl (C=O) groups is 1. The molecular weight excluding hydrogens is 371 g/mol. The summed E-state index contributed by atoms with van der Waals surface area (Å²) in [6, 6.07) is 16.6. The van der Waals surface area contributed by atoms with Crippen LogP contribution in [-0.2, 0) is 6.18 Å². The molecular formula is C20H16F3N3O2. The number of rotatable bonds is 4. The number of hydrogen-bond donors (Lipinski definition) is 3. The lowest BCUT2D eigenvalue weighted by molar-refractivity contribution is -0.137. The van der Waals surface area contributed by atoms with Crippen LogP contribution in [0.4, 0.5) is 40.7 Å². The number of phenols is 1. The highest BCUT2D eigenvalue weighted by Gasteiger charge is 2.31. The van der Waals surface area contributed by atoms with E-state index in [-0.39, 0.29) is 17.1 Å². The highest BCUT2D eigenvalue weighted by molar-refractivity contribution is 6.00. The van der Waals surface area contributed by atoms with Crippen LogP contribution in [0.1, 0.15) is 5.56 Å². The number of nitrogens with one attached hydrogen (secondary N) is 1. The maximum Gasteiger partial charge on any atom is 0.416 e. The summed E-state index contributed by atoms with van der Waals surface area (Å²) >= 11 is 0. The molecule has 144 valence electrons. The van der Waals surface area contributed by atoms with Gasteiger partial charge in [-0.3, -0.25) is 4.90 Å². The SMILES string of the molecule is NC(=O)N(c1cccc(C(F)(F)F)c1)c1ccc(Nc2ccccc2)cc1O. The van der Waals surface area contributed by atoms with Crippen LogP contribution in [0.25, 0.3) is 0 Å². The number of aromatic hydroxyl groups is 1. The smallest absolute Gasteiger partial charge is 0.416 e. The molecule has 0 aliphatic heterocycles. The number of nitrogens with two attached hydrogens (primary N) is 1. The van der Waals surface area contributed by atoms with Crippen molar-refractivity contribution in [2.45, 2.75) is 6.18 Å². The van der Waals surface area contributed by atoms with Crippen molar-refractivity contribution in [2.75, 3.05) is 10.2 Å². The highest BCUT2D eigenvalue weighted by atomic mass is 19.4. The third-order valence-electron chi connectivity index (χ3n) is 3.93. The van der Waals surface area contributed by atoms with Crippen LogP contribution in [-0.4, -0.2) is 11.1 Å². The summed E-state index contributed by atoms with van der Waals surface area (Å²) in [5, 5.41) is 13.4. The second kappa shape index (κ2) is 7.51. The zero-order valence-corrected chi connectivity index (χ0v) is 14.4. The zero-order chi connectivity index (χ0) is 20.3. The standard InChI is InChI=1S/C20H16F3N3O2/c21-20(22,23)13-5-4-8-16(11-13)26(19(24)28)17-10-9-15(12-18(17)27)25-14-6-2-1-3-7-14/h1-12,25,27H,(H2,24,28). The summed E-state index contributed by atoms with van der Waals surface area (Å²) in [6.07, 6.45) is -4.58. The quantitative estimate of drug-likeness (QED) is 0.563. The molecule has 0 unspecified atom stereocenters. The molecule has 0 fully saturated rings. The molecule has 0 spiro atoms. The highest BCUT2D eigenvalue weighted by Crippen LogP contribution is 2.38. The third-order valence-corrected chi connectivity index (χ3v) is 3.93. The van der Waals surface area contributed by atoms with E-state index in [0.29, 0.717) is 5.69 Å². The summed E-state index contributed by atoms with van der Waals surface area (Å²) in [4.78, 5) is 12.7. The lowest BCUT2D eigenvalue weighted by Crippen LogP contribution is -2.31. The van der Waals surface area contributed by atoms with Gasteiger partial charge in [0.2, 0.25) is 0 Å². The first kappa shape index (κ1) is 19.1. The molecule has 0 bridgehead atoms. The van der Waals surface area contributed by atoms with Crippen molar-refractivity contribution in [3.63, 3.8) is 0 Å². The van der Waals surface area contributed by atoms with Crippen molar-refractivity contribution < 1.29 is 23.1 Å². The molecule has 3 rings (SSSR count). The van der Waals surface area contributed by atoms with Crippen LogP contribution in [0.3, 0.4) is 0 Å². The van der Waals surface area contributed by atoms with Gasteiger partial charge in [0.25, 0.3) is 0 Å². The topological polar surface area (TPSA) is 78.6 Å². The Bertz CT molecular complexity index is 991. The van der Waals surface area contributed by atoms with Gasteiger partial charge in [0.15, 0.2) is 0 Å². The fourth-order valence-electron chi connectivity index (χ4n) is 2.68. The van der Waals surface area contributed by atoms with E-state index >= 15 is 0 Å². The van der Waals surface area contributed by atoms with Gasteiger partial charge in [-0.05, 0) is 42.5 Å². The fraction of sp³-hybridized carbons (Fsp3) is 0.0500. The number of carbonyl (C=O) groups excluding carboxylic acids is 1. The molecule has 0 aliphatic rings. The third kappa shape index (κ3) is 4.17. The van der Waals surface area contributed by atoms with E-state index in [4.69, 9.17) is 5.73 Å². The summed E-state index contributed by atoms with van der Waals surface area (Å²) in [7, 11) is 0. The van der Waals surface area contributed by atoms with Gasteiger partial charge in [0.05, 0.1) is 16.9 Å². The zero-order valence-electron chi connectivity index (χ0n) is 14.4. The van der Waals surface area contributed by atoms with E-state index < -0.39 is 17.8 Å². The predicted molar refractivity (Wildman–Crippen MR) is 101 cm³/mol. The van der Waals surface area contributed by atoms with Crippen LogP contribution in [0.5, 0.6) is 5.75 Å². The monoisotopic (exact) mass is 387 g/mol. The normalized spacial score (nSPS) is 11.1. The van der Waals surface area contributed by atoms with Crippen molar-refractivity contribution in [3.05, 3.63) is 78.4 Å². The van der Waals surface area contributed by atoms with E-state index in [2.05, 4.69) is 5.32 Å². The number of anilines is 4. The van der Waals surface area contributed by atoms with Crippen LogP contribution in [0.2, 0.25) is 0 Å².